The Bertz CT molecular complexity index is 665. The Hall–Kier alpha value is -1.94. The van der Waals surface area contributed by atoms with Crippen LogP contribution in [-0.4, -0.2) is 24.0 Å². The standard InChI is InChI=1S/C17H18ClNO3/c1-11(15-4-3-9-22-15)19(13-6-7-13)17(20)14-8-5-12(18)10-16(14)21-2/h3-5,8-11,13H,6-7H2,1-2H3/t11-/m1/s1. The molecule has 0 unspecified atom stereocenters. The number of halogens is 1. The zero-order valence-electron chi connectivity index (χ0n) is 12.6. The maximum Gasteiger partial charge on any atom is 0.258 e. The molecule has 0 radical (unpaired) electrons. The summed E-state index contributed by atoms with van der Waals surface area (Å²) in [6.07, 6.45) is 3.67. The average Bonchev–Trinajstić information content (AvgIpc) is 3.18. The summed E-state index contributed by atoms with van der Waals surface area (Å²) in [6, 6.07) is 8.96. The van der Waals surface area contributed by atoms with E-state index >= 15 is 0 Å². The third-order valence-electron chi connectivity index (χ3n) is 3.94. The fourth-order valence-electron chi connectivity index (χ4n) is 2.66. The van der Waals surface area contributed by atoms with E-state index in [0.29, 0.717) is 16.3 Å². The van der Waals surface area contributed by atoms with Crippen LogP contribution in [0, 0.1) is 0 Å². The van der Waals surface area contributed by atoms with Gasteiger partial charge in [0, 0.05) is 11.1 Å². The van der Waals surface area contributed by atoms with E-state index in [0.717, 1.165) is 18.6 Å². The predicted octanol–water partition coefficient (Wildman–Crippen LogP) is 4.31. The van der Waals surface area contributed by atoms with Crippen molar-refractivity contribution in [2.24, 2.45) is 0 Å². The van der Waals surface area contributed by atoms with Gasteiger partial charge in [-0.25, -0.2) is 0 Å². The molecular formula is C17H18ClNO3. The van der Waals surface area contributed by atoms with Crippen LogP contribution in [-0.2, 0) is 0 Å². The number of rotatable bonds is 5. The number of hydrogen-bond donors (Lipinski definition) is 0. The molecule has 1 aromatic heterocycles. The molecule has 2 aromatic rings. The largest absolute Gasteiger partial charge is 0.496 e. The normalized spacial score (nSPS) is 15.4. The second kappa shape index (κ2) is 6.05. The van der Waals surface area contributed by atoms with Gasteiger partial charge in [0.15, 0.2) is 0 Å². The fourth-order valence-corrected chi connectivity index (χ4v) is 2.82. The monoisotopic (exact) mass is 319 g/mol. The van der Waals surface area contributed by atoms with Gasteiger partial charge in [0.2, 0.25) is 0 Å². The first kappa shape index (κ1) is 15.0. The van der Waals surface area contributed by atoms with Gasteiger partial charge in [-0.05, 0) is 50.1 Å². The molecule has 22 heavy (non-hydrogen) atoms. The van der Waals surface area contributed by atoms with Crippen LogP contribution in [0.4, 0.5) is 0 Å². The van der Waals surface area contributed by atoms with Crippen molar-refractivity contribution in [1.29, 1.82) is 0 Å². The molecular weight excluding hydrogens is 302 g/mol. The number of nitrogens with zero attached hydrogens (tertiary/aromatic N) is 1. The van der Waals surface area contributed by atoms with Gasteiger partial charge in [-0.15, -0.1) is 0 Å². The van der Waals surface area contributed by atoms with E-state index in [1.165, 1.54) is 0 Å². The summed E-state index contributed by atoms with van der Waals surface area (Å²) >= 11 is 5.98. The molecule has 3 rings (SSSR count). The Balaban J connectivity index is 1.94. The molecule has 1 aliphatic carbocycles. The highest BCUT2D eigenvalue weighted by Gasteiger charge is 2.38. The highest BCUT2D eigenvalue weighted by molar-refractivity contribution is 6.30. The summed E-state index contributed by atoms with van der Waals surface area (Å²) in [5, 5.41) is 0.547. The number of carbonyl (C=O) groups excluding carboxylic acids is 1. The van der Waals surface area contributed by atoms with Crippen molar-refractivity contribution in [2.45, 2.75) is 31.8 Å². The van der Waals surface area contributed by atoms with Crippen LogP contribution in [0.3, 0.4) is 0 Å². The number of amides is 1. The summed E-state index contributed by atoms with van der Waals surface area (Å²) < 4.78 is 10.8. The van der Waals surface area contributed by atoms with Gasteiger partial charge in [-0.1, -0.05) is 11.6 Å². The molecule has 1 atom stereocenters. The Kier molecular flexibility index (Phi) is 4.12. The molecule has 0 aliphatic heterocycles. The molecule has 5 heteroatoms. The third kappa shape index (κ3) is 2.83. The van der Waals surface area contributed by atoms with Gasteiger partial charge in [0.25, 0.3) is 5.91 Å². The minimum Gasteiger partial charge on any atom is -0.496 e. The maximum atomic E-state index is 13.0. The minimum atomic E-state index is -0.115. The van der Waals surface area contributed by atoms with E-state index < -0.39 is 0 Å². The number of hydrogen-bond acceptors (Lipinski definition) is 3. The van der Waals surface area contributed by atoms with Crippen molar-refractivity contribution >= 4 is 17.5 Å². The van der Waals surface area contributed by atoms with Gasteiger partial charge in [-0.2, -0.15) is 0 Å². The van der Waals surface area contributed by atoms with Gasteiger partial charge in [-0.3, -0.25) is 4.79 Å². The van der Waals surface area contributed by atoms with Gasteiger partial charge < -0.3 is 14.1 Å². The van der Waals surface area contributed by atoms with E-state index in [-0.39, 0.29) is 18.0 Å². The lowest BCUT2D eigenvalue weighted by Crippen LogP contribution is -2.35. The maximum absolute atomic E-state index is 13.0. The third-order valence-corrected chi connectivity index (χ3v) is 4.18. The number of furan rings is 1. The second-order valence-electron chi connectivity index (χ2n) is 5.48. The average molecular weight is 320 g/mol. The molecule has 1 aromatic carbocycles. The van der Waals surface area contributed by atoms with E-state index in [9.17, 15) is 4.79 Å². The topological polar surface area (TPSA) is 42.7 Å². The smallest absolute Gasteiger partial charge is 0.258 e. The first-order chi connectivity index (χ1) is 10.6. The lowest BCUT2D eigenvalue weighted by Gasteiger charge is -2.28. The van der Waals surface area contributed by atoms with Crippen molar-refractivity contribution in [3.05, 3.63) is 52.9 Å². The molecule has 4 nitrogen and oxygen atoms in total. The van der Waals surface area contributed by atoms with Gasteiger partial charge >= 0.3 is 0 Å². The Labute approximate surface area is 134 Å². The molecule has 0 N–H and O–H groups in total. The Morgan fingerprint density at radius 1 is 1.41 bits per heavy atom. The van der Waals surface area contributed by atoms with Crippen molar-refractivity contribution in [2.75, 3.05) is 7.11 Å². The van der Waals surface area contributed by atoms with E-state index in [4.69, 9.17) is 20.8 Å². The van der Waals surface area contributed by atoms with Crippen LogP contribution in [0.25, 0.3) is 0 Å². The summed E-state index contributed by atoms with van der Waals surface area (Å²) in [7, 11) is 1.54. The van der Waals surface area contributed by atoms with Crippen LogP contribution in [0.1, 0.15) is 41.9 Å². The first-order valence-electron chi connectivity index (χ1n) is 7.31. The molecule has 1 aliphatic rings. The molecule has 0 spiro atoms. The van der Waals surface area contributed by atoms with Crippen molar-refractivity contribution in [3.63, 3.8) is 0 Å². The van der Waals surface area contributed by atoms with Crippen LogP contribution in [0.15, 0.2) is 41.0 Å². The lowest BCUT2D eigenvalue weighted by atomic mass is 10.1. The summed E-state index contributed by atoms with van der Waals surface area (Å²) in [5.74, 6) is 1.22. The zero-order chi connectivity index (χ0) is 15.7. The fraction of sp³-hybridized carbons (Fsp3) is 0.353. The first-order valence-corrected chi connectivity index (χ1v) is 7.69. The highest BCUT2D eigenvalue weighted by Crippen LogP contribution is 2.37. The molecule has 0 bridgehead atoms. The second-order valence-corrected chi connectivity index (χ2v) is 5.92. The highest BCUT2D eigenvalue weighted by atomic mass is 35.5. The van der Waals surface area contributed by atoms with Crippen LogP contribution >= 0.6 is 11.6 Å². The SMILES string of the molecule is COc1cc(Cl)ccc1C(=O)N(C1CC1)[C@H](C)c1ccco1. The van der Waals surface area contributed by atoms with Crippen LogP contribution < -0.4 is 4.74 Å². The lowest BCUT2D eigenvalue weighted by molar-refractivity contribution is 0.0649. The minimum absolute atomic E-state index is 0.0556. The summed E-state index contributed by atoms with van der Waals surface area (Å²) in [6.45, 7) is 1.98. The Morgan fingerprint density at radius 3 is 2.77 bits per heavy atom. The zero-order valence-corrected chi connectivity index (χ0v) is 13.3. The number of carbonyl (C=O) groups is 1. The van der Waals surface area contributed by atoms with Crippen molar-refractivity contribution in [3.8, 4) is 5.75 Å². The molecule has 1 amide bonds. The molecule has 1 fully saturated rings. The van der Waals surface area contributed by atoms with Crippen LogP contribution in [0.5, 0.6) is 5.75 Å². The summed E-state index contributed by atoms with van der Waals surface area (Å²) in [5.41, 5.74) is 0.525. The van der Waals surface area contributed by atoms with E-state index in [1.807, 2.05) is 24.0 Å². The number of benzene rings is 1. The van der Waals surface area contributed by atoms with Gasteiger partial charge in [0.1, 0.15) is 11.5 Å². The predicted molar refractivity (Wildman–Crippen MR) is 84.3 cm³/mol. The number of methoxy groups -OCH3 is 1. The van der Waals surface area contributed by atoms with Gasteiger partial charge in [0.05, 0.1) is 25.0 Å². The Morgan fingerprint density at radius 2 is 2.18 bits per heavy atom. The molecule has 116 valence electrons. The van der Waals surface area contributed by atoms with Crippen molar-refractivity contribution in [1.82, 2.24) is 4.90 Å². The summed E-state index contributed by atoms with van der Waals surface area (Å²) in [4.78, 5) is 14.9. The van der Waals surface area contributed by atoms with Crippen LogP contribution in [0.2, 0.25) is 5.02 Å². The molecule has 1 saturated carbocycles. The quantitative estimate of drug-likeness (QED) is 0.824. The molecule has 1 heterocycles. The molecule has 0 saturated heterocycles. The van der Waals surface area contributed by atoms with E-state index in [2.05, 4.69) is 0 Å². The van der Waals surface area contributed by atoms with Crippen molar-refractivity contribution < 1.29 is 13.9 Å². The number of ether oxygens (including phenoxy) is 1. The van der Waals surface area contributed by atoms with E-state index in [1.54, 1.807) is 31.6 Å².